The maximum atomic E-state index is 12.3. The molecule has 2 N–H and O–H groups in total. The van der Waals surface area contributed by atoms with Gasteiger partial charge < -0.3 is 10.4 Å². The highest BCUT2D eigenvalue weighted by atomic mass is 16.4. The van der Waals surface area contributed by atoms with Crippen LogP contribution >= 0.6 is 0 Å². The Bertz CT molecular complexity index is 753. The SMILES string of the molecule is Cn1nccc1C(NC(=O)CC1CCc2ccccc2C1)C(=O)O. The number of carboxylic acid groups (broad SMARTS) is 1. The molecule has 0 bridgehead atoms. The van der Waals surface area contributed by atoms with Crippen LogP contribution in [0.1, 0.15) is 35.7 Å². The lowest BCUT2D eigenvalue weighted by Gasteiger charge is -2.24. The number of aryl methyl sites for hydroxylation is 2. The Hall–Kier alpha value is -2.63. The van der Waals surface area contributed by atoms with Crippen molar-refractivity contribution in [1.29, 1.82) is 0 Å². The van der Waals surface area contributed by atoms with E-state index in [1.807, 2.05) is 12.1 Å². The summed E-state index contributed by atoms with van der Waals surface area (Å²) in [6.45, 7) is 0. The molecule has 0 aliphatic heterocycles. The predicted octanol–water partition coefficient (Wildman–Crippen LogP) is 1.86. The average molecular weight is 327 g/mol. The summed E-state index contributed by atoms with van der Waals surface area (Å²) in [5.41, 5.74) is 3.11. The van der Waals surface area contributed by atoms with E-state index in [2.05, 4.69) is 22.5 Å². The van der Waals surface area contributed by atoms with Crippen molar-refractivity contribution in [2.45, 2.75) is 31.7 Å². The van der Waals surface area contributed by atoms with Crippen LogP contribution in [-0.2, 0) is 29.5 Å². The van der Waals surface area contributed by atoms with Gasteiger partial charge in [0.25, 0.3) is 0 Å². The molecule has 0 radical (unpaired) electrons. The molecule has 0 fully saturated rings. The molecular formula is C18H21N3O3. The molecule has 1 aromatic heterocycles. The molecule has 1 amide bonds. The molecular weight excluding hydrogens is 306 g/mol. The zero-order valence-electron chi connectivity index (χ0n) is 13.6. The minimum absolute atomic E-state index is 0.229. The third-order valence-corrected chi connectivity index (χ3v) is 4.63. The Labute approximate surface area is 140 Å². The van der Waals surface area contributed by atoms with Gasteiger partial charge in [0.15, 0.2) is 6.04 Å². The minimum atomic E-state index is -1.08. The van der Waals surface area contributed by atoms with E-state index >= 15 is 0 Å². The lowest BCUT2D eigenvalue weighted by Crippen LogP contribution is -2.36. The predicted molar refractivity (Wildman–Crippen MR) is 88.3 cm³/mol. The Kier molecular flexibility index (Phi) is 4.64. The molecule has 2 unspecified atom stereocenters. The number of rotatable bonds is 5. The Morgan fingerprint density at radius 3 is 2.75 bits per heavy atom. The lowest BCUT2D eigenvalue weighted by atomic mass is 9.82. The molecule has 24 heavy (non-hydrogen) atoms. The monoisotopic (exact) mass is 327 g/mol. The van der Waals surface area contributed by atoms with E-state index in [4.69, 9.17) is 0 Å². The van der Waals surface area contributed by atoms with Gasteiger partial charge in [0, 0.05) is 19.7 Å². The van der Waals surface area contributed by atoms with Crippen molar-refractivity contribution < 1.29 is 14.7 Å². The zero-order valence-corrected chi connectivity index (χ0v) is 13.6. The summed E-state index contributed by atoms with van der Waals surface area (Å²) >= 11 is 0. The van der Waals surface area contributed by atoms with Crippen LogP contribution in [0.2, 0.25) is 0 Å². The number of amides is 1. The second kappa shape index (κ2) is 6.86. The molecule has 126 valence electrons. The first-order valence-corrected chi connectivity index (χ1v) is 8.11. The largest absolute Gasteiger partial charge is 0.479 e. The number of carbonyl (C=O) groups excluding carboxylic acids is 1. The fourth-order valence-electron chi connectivity index (χ4n) is 3.36. The second-order valence-electron chi connectivity index (χ2n) is 6.30. The molecule has 1 aliphatic rings. The van der Waals surface area contributed by atoms with Crippen LogP contribution in [0.3, 0.4) is 0 Å². The molecule has 0 spiro atoms. The van der Waals surface area contributed by atoms with Gasteiger partial charge in [0.2, 0.25) is 5.91 Å². The van der Waals surface area contributed by atoms with E-state index in [0.29, 0.717) is 12.1 Å². The first-order valence-electron chi connectivity index (χ1n) is 8.11. The van der Waals surface area contributed by atoms with Gasteiger partial charge in [-0.1, -0.05) is 24.3 Å². The number of hydrogen-bond acceptors (Lipinski definition) is 3. The summed E-state index contributed by atoms with van der Waals surface area (Å²) in [6, 6.07) is 8.84. The van der Waals surface area contributed by atoms with E-state index in [-0.39, 0.29) is 11.8 Å². The number of carboxylic acids is 1. The molecule has 3 rings (SSSR count). The highest BCUT2D eigenvalue weighted by molar-refractivity contribution is 5.84. The summed E-state index contributed by atoms with van der Waals surface area (Å²) in [7, 11) is 1.66. The molecule has 1 aromatic carbocycles. The highest BCUT2D eigenvalue weighted by Crippen LogP contribution is 2.27. The van der Waals surface area contributed by atoms with Crippen LogP contribution in [-0.4, -0.2) is 26.8 Å². The minimum Gasteiger partial charge on any atom is -0.479 e. The van der Waals surface area contributed by atoms with Crippen LogP contribution in [0.25, 0.3) is 0 Å². The number of hydrogen-bond donors (Lipinski definition) is 2. The fraction of sp³-hybridized carbons (Fsp3) is 0.389. The van der Waals surface area contributed by atoms with Gasteiger partial charge in [-0.3, -0.25) is 9.48 Å². The van der Waals surface area contributed by atoms with E-state index in [9.17, 15) is 14.7 Å². The third kappa shape index (κ3) is 3.48. The maximum Gasteiger partial charge on any atom is 0.332 e. The van der Waals surface area contributed by atoms with Gasteiger partial charge in [0.1, 0.15) is 0 Å². The number of nitrogens with zero attached hydrogens (tertiary/aromatic N) is 2. The first kappa shape index (κ1) is 16.2. The quantitative estimate of drug-likeness (QED) is 0.878. The van der Waals surface area contributed by atoms with Crippen molar-refractivity contribution in [3.8, 4) is 0 Å². The van der Waals surface area contributed by atoms with Crippen molar-refractivity contribution in [2.24, 2.45) is 13.0 Å². The van der Waals surface area contributed by atoms with Crippen molar-refractivity contribution in [1.82, 2.24) is 15.1 Å². The molecule has 2 aromatic rings. The lowest BCUT2D eigenvalue weighted by molar-refractivity contribution is -0.142. The van der Waals surface area contributed by atoms with Gasteiger partial charge in [-0.25, -0.2) is 4.79 Å². The molecule has 0 saturated carbocycles. The summed E-state index contributed by atoms with van der Waals surface area (Å²) in [4.78, 5) is 23.8. The van der Waals surface area contributed by atoms with Crippen molar-refractivity contribution >= 4 is 11.9 Å². The number of aliphatic carboxylic acids is 1. The molecule has 6 heteroatoms. The van der Waals surface area contributed by atoms with Gasteiger partial charge in [0.05, 0.1) is 5.69 Å². The van der Waals surface area contributed by atoms with E-state index in [0.717, 1.165) is 19.3 Å². The summed E-state index contributed by atoms with van der Waals surface area (Å²) in [6.07, 6.45) is 4.66. The van der Waals surface area contributed by atoms with Gasteiger partial charge in [-0.05, 0) is 42.4 Å². The topological polar surface area (TPSA) is 84.2 Å². The molecule has 6 nitrogen and oxygen atoms in total. The summed E-state index contributed by atoms with van der Waals surface area (Å²) in [5.74, 6) is -1.06. The van der Waals surface area contributed by atoms with Crippen LogP contribution in [0.5, 0.6) is 0 Å². The van der Waals surface area contributed by atoms with Gasteiger partial charge >= 0.3 is 5.97 Å². The molecule has 0 saturated heterocycles. The zero-order chi connectivity index (χ0) is 17.1. The summed E-state index contributed by atoms with van der Waals surface area (Å²) < 4.78 is 1.47. The molecule has 1 heterocycles. The van der Waals surface area contributed by atoms with Crippen LogP contribution in [0.15, 0.2) is 36.5 Å². The normalized spacial score (nSPS) is 17.8. The van der Waals surface area contributed by atoms with Crippen LogP contribution < -0.4 is 5.32 Å². The van der Waals surface area contributed by atoms with Crippen LogP contribution in [0, 0.1) is 5.92 Å². The van der Waals surface area contributed by atoms with E-state index < -0.39 is 12.0 Å². The van der Waals surface area contributed by atoms with E-state index in [1.54, 1.807) is 13.1 Å². The van der Waals surface area contributed by atoms with E-state index in [1.165, 1.54) is 22.0 Å². The number of carbonyl (C=O) groups is 2. The van der Waals surface area contributed by atoms with Crippen molar-refractivity contribution in [2.75, 3.05) is 0 Å². The summed E-state index contributed by atoms with van der Waals surface area (Å²) in [5, 5.41) is 16.0. The fourth-order valence-corrected chi connectivity index (χ4v) is 3.36. The van der Waals surface area contributed by atoms with Gasteiger partial charge in [-0.2, -0.15) is 5.10 Å². The highest BCUT2D eigenvalue weighted by Gasteiger charge is 2.27. The number of nitrogens with one attached hydrogen (secondary N) is 1. The Morgan fingerprint density at radius 2 is 2.08 bits per heavy atom. The molecule has 1 aliphatic carbocycles. The van der Waals surface area contributed by atoms with Gasteiger partial charge in [-0.15, -0.1) is 0 Å². The number of fused-ring (bicyclic) bond motifs is 1. The Morgan fingerprint density at radius 1 is 1.33 bits per heavy atom. The smallest absolute Gasteiger partial charge is 0.332 e. The Balaban J connectivity index is 1.63. The maximum absolute atomic E-state index is 12.3. The van der Waals surface area contributed by atoms with Crippen LogP contribution in [0.4, 0.5) is 0 Å². The average Bonchev–Trinajstić information content (AvgIpc) is 2.98. The number of aromatic nitrogens is 2. The standard InChI is InChI=1S/C18H21N3O3/c1-21-15(8-9-19-21)17(18(23)24)20-16(22)11-12-6-7-13-4-2-3-5-14(13)10-12/h2-5,8-9,12,17H,6-7,10-11H2,1H3,(H,20,22)(H,23,24). The van der Waals surface area contributed by atoms with Crippen molar-refractivity contribution in [3.05, 3.63) is 53.3 Å². The number of benzene rings is 1. The molecule has 2 atom stereocenters. The first-order chi connectivity index (χ1) is 11.5. The van der Waals surface area contributed by atoms with Crippen molar-refractivity contribution in [3.63, 3.8) is 0 Å². The third-order valence-electron chi connectivity index (χ3n) is 4.63. The second-order valence-corrected chi connectivity index (χ2v) is 6.30.